The van der Waals surface area contributed by atoms with E-state index in [-0.39, 0.29) is 18.3 Å². The minimum atomic E-state index is -3.58. The lowest BCUT2D eigenvalue weighted by Crippen LogP contribution is -2.16. The first-order chi connectivity index (χ1) is 6.47. The Morgan fingerprint density at radius 3 is 2.43 bits per heavy atom. The molecule has 0 unspecified atom stereocenters. The average Bonchev–Trinajstić information content (AvgIpc) is 2.52. The third kappa shape index (κ3) is 4.81. The Kier molecular flexibility index (Phi) is 4.19. The molecule has 1 saturated carbocycles. The minimum absolute atomic E-state index is 0.0134. The van der Waals surface area contributed by atoms with Gasteiger partial charge < -0.3 is 4.74 Å². The quantitative estimate of drug-likeness (QED) is 0.551. The Morgan fingerprint density at radius 2 is 1.93 bits per heavy atom. The molecule has 14 heavy (non-hydrogen) atoms. The Morgan fingerprint density at radius 1 is 1.36 bits per heavy atom. The number of esters is 1. The van der Waals surface area contributed by atoms with Gasteiger partial charge in [0.1, 0.15) is 6.10 Å². The molecule has 1 fully saturated rings. The molecule has 6 heteroatoms. The molecule has 1 aliphatic carbocycles. The van der Waals surface area contributed by atoms with Crippen LogP contribution in [0.3, 0.4) is 0 Å². The number of hydrogen-bond donors (Lipinski definition) is 0. The van der Waals surface area contributed by atoms with Crippen molar-refractivity contribution >= 4 is 25.7 Å². The maximum absolute atomic E-state index is 11.1. The second-order valence-electron chi connectivity index (χ2n) is 3.39. The molecule has 4 nitrogen and oxygen atoms in total. The number of carbonyl (C=O) groups excluding carboxylic acids is 1. The van der Waals surface area contributed by atoms with Crippen molar-refractivity contribution < 1.29 is 17.9 Å². The van der Waals surface area contributed by atoms with Crippen LogP contribution in [0.15, 0.2) is 0 Å². The largest absolute Gasteiger partial charge is 0.462 e. The normalized spacial score (nSPS) is 18.4. The van der Waals surface area contributed by atoms with Crippen LogP contribution in [0, 0.1) is 0 Å². The van der Waals surface area contributed by atoms with Gasteiger partial charge in [-0.3, -0.25) is 4.79 Å². The molecule has 0 aromatic carbocycles. The molecular formula is C8H13ClO4S. The summed E-state index contributed by atoms with van der Waals surface area (Å²) < 4.78 is 26.1. The molecule has 0 bridgehead atoms. The number of carbonyl (C=O) groups is 1. The fraction of sp³-hybridized carbons (Fsp3) is 0.875. The second kappa shape index (κ2) is 4.98. The van der Waals surface area contributed by atoms with Crippen molar-refractivity contribution in [1.82, 2.24) is 0 Å². The summed E-state index contributed by atoms with van der Waals surface area (Å²) in [4.78, 5) is 11.1. The molecule has 0 saturated heterocycles. The summed E-state index contributed by atoms with van der Waals surface area (Å²) in [6, 6.07) is 0. The fourth-order valence-electron chi connectivity index (χ4n) is 1.46. The molecule has 0 atom stereocenters. The van der Waals surface area contributed by atoms with Crippen molar-refractivity contribution in [1.29, 1.82) is 0 Å². The lowest BCUT2D eigenvalue weighted by Gasteiger charge is -2.10. The summed E-state index contributed by atoms with van der Waals surface area (Å²) in [7, 11) is 1.38. The van der Waals surface area contributed by atoms with Gasteiger partial charge in [0.05, 0.1) is 12.2 Å². The average molecular weight is 241 g/mol. The Bertz CT molecular complexity index is 292. The van der Waals surface area contributed by atoms with E-state index in [9.17, 15) is 13.2 Å². The van der Waals surface area contributed by atoms with Crippen molar-refractivity contribution in [3.8, 4) is 0 Å². The van der Waals surface area contributed by atoms with Gasteiger partial charge in [-0.15, -0.1) is 0 Å². The van der Waals surface area contributed by atoms with Crippen LogP contribution >= 0.6 is 10.7 Å². The van der Waals surface area contributed by atoms with Crippen molar-refractivity contribution in [2.45, 2.75) is 38.2 Å². The Balaban J connectivity index is 2.22. The van der Waals surface area contributed by atoms with E-state index >= 15 is 0 Å². The first-order valence-electron chi connectivity index (χ1n) is 4.59. The van der Waals surface area contributed by atoms with Gasteiger partial charge in [0, 0.05) is 10.7 Å². The summed E-state index contributed by atoms with van der Waals surface area (Å²) in [6.45, 7) is 0. The lowest BCUT2D eigenvalue weighted by molar-refractivity contribution is -0.148. The number of hydrogen-bond acceptors (Lipinski definition) is 4. The molecule has 0 amide bonds. The molecule has 82 valence electrons. The van der Waals surface area contributed by atoms with Gasteiger partial charge in [0.2, 0.25) is 9.05 Å². The highest BCUT2D eigenvalue weighted by Crippen LogP contribution is 2.21. The molecule has 0 spiro atoms. The topological polar surface area (TPSA) is 60.4 Å². The molecular weight excluding hydrogens is 228 g/mol. The number of halogens is 1. The molecule has 0 aromatic heterocycles. The van der Waals surface area contributed by atoms with Crippen molar-refractivity contribution in [2.75, 3.05) is 5.75 Å². The molecule has 1 rings (SSSR count). The van der Waals surface area contributed by atoms with E-state index in [0.29, 0.717) is 0 Å². The van der Waals surface area contributed by atoms with E-state index in [2.05, 4.69) is 0 Å². The van der Waals surface area contributed by atoms with Gasteiger partial charge in [-0.2, -0.15) is 0 Å². The highest BCUT2D eigenvalue weighted by atomic mass is 35.7. The van der Waals surface area contributed by atoms with Crippen molar-refractivity contribution in [3.63, 3.8) is 0 Å². The van der Waals surface area contributed by atoms with E-state index in [1.54, 1.807) is 0 Å². The lowest BCUT2D eigenvalue weighted by atomic mass is 10.3. The Hall–Kier alpha value is -0.290. The fourth-order valence-corrected chi connectivity index (χ4v) is 2.10. The van der Waals surface area contributed by atoms with Crippen LogP contribution in [-0.4, -0.2) is 26.2 Å². The van der Waals surface area contributed by atoms with Crippen LogP contribution in [-0.2, 0) is 18.6 Å². The standard InChI is InChI=1S/C8H13ClO4S/c9-14(11,12)6-5-8(10)13-7-3-1-2-4-7/h7H,1-6H2. The summed E-state index contributed by atoms with van der Waals surface area (Å²) in [5.41, 5.74) is 0. The molecule has 0 heterocycles. The van der Waals surface area contributed by atoms with E-state index in [0.717, 1.165) is 25.7 Å². The summed E-state index contributed by atoms with van der Waals surface area (Å²) in [5, 5.41) is 0. The molecule has 0 aliphatic heterocycles. The zero-order chi connectivity index (χ0) is 10.6. The summed E-state index contributed by atoms with van der Waals surface area (Å²) >= 11 is 0. The van der Waals surface area contributed by atoms with Gasteiger partial charge >= 0.3 is 5.97 Å². The first kappa shape index (κ1) is 11.8. The molecule has 0 radical (unpaired) electrons. The predicted octanol–water partition coefficient (Wildman–Crippen LogP) is 1.43. The highest BCUT2D eigenvalue weighted by molar-refractivity contribution is 8.13. The van der Waals surface area contributed by atoms with Crippen molar-refractivity contribution in [2.24, 2.45) is 0 Å². The third-order valence-electron chi connectivity index (χ3n) is 2.15. The predicted molar refractivity (Wildman–Crippen MR) is 52.6 cm³/mol. The number of ether oxygens (including phenoxy) is 1. The minimum Gasteiger partial charge on any atom is -0.462 e. The third-order valence-corrected chi connectivity index (χ3v) is 3.30. The SMILES string of the molecule is O=C(CCS(=O)(=O)Cl)OC1CCCC1. The van der Waals surface area contributed by atoms with Crippen LogP contribution in [0.25, 0.3) is 0 Å². The van der Waals surface area contributed by atoms with Crippen LogP contribution in [0.1, 0.15) is 32.1 Å². The van der Waals surface area contributed by atoms with Gasteiger partial charge in [-0.1, -0.05) is 0 Å². The van der Waals surface area contributed by atoms with Gasteiger partial charge in [-0.25, -0.2) is 8.42 Å². The Labute approximate surface area is 88.0 Å². The highest BCUT2D eigenvalue weighted by Gasteiger charge is 2.20. The van der Waals surface area contributed by atoms with Gasteiger partial charge in [-0.05, 0) is 25.7 Å². The number of rotatable bonds is 4. The van der Waals surface area contributed by atoms with Crippen LogP contribution in [0.4, 0.5) is 0 Å². The molecule has 1 aliphatic rings. The zero-order valence-electron chi connectivity index (χ0n) is 7.74. The summed E-state index contributed by atoms with van der Waals surface area (Å²) in [5.74, 6) is -0.818. The molecule has 0 N–H and O–H groups in total. The van der Waals surface area contributed by atoms with Crippen LogP contribution < -0.4 is 0 Å². The summed E-state index contributed by atoms with van der Waals surface area (Å²) in [6.07, 6.45) is 3.76. The maximum atomic E-state index is 11.1. The van der Waals surface area contributed by atoms with Crippen molar-refractivity contribution in [3.05, 3.63) is 0 Å². The van der Waals surface area contributed by atoms with E-state index < -0.39 is 15.0 Å². The second-order valence-corrected chi connectivity index (χ2v) is 6.29. The maximum Gasteiger partial charge on any atom is 0.307 e. The van der Waals surface area contributed by atoms with Gasteiger partial charge in [0.25, 0.3) is 0 Å². The van der Waals surface area contributed by atoms with E-state index in [1.165, 1.54) is 0 Å². The zero-order valence-corrected chi connectivity index (χ0v) is 9.31. The molecule has 0 aromatic rings. The van der Waals surface area contributed by atoms with Crippen LogP contribution in [0.5, 0.6) is 0 Å². The smallest absolute Gasteiger partial charge is 0.307 e. The van der Waals surface area contributed by atoms with Gasteiger partial charge in [0.15, 0.2) is 0 Å². The first-order valence-corrected chi connectivity index (χ1v) is 7.07. The van der Waals surface area contributed by atoms with E-state index in [1.807, 2.05) is 0 Å². The van der Waals surface area contributed by atoms with E-state index in [4.69, 9.17) is 15.4 Å². The van der Waals surface area contributed by atoms with Crippen LogP contribution in [0.2, 0.25) is 0 Å². The monoisotopic (exact) mass is 240 g/mol.